The lowest BCUT2D eigenvalue weighted by molar-refractivity contribution is 0.0735. The van der Waals surface area contributed by atoms with Gasteiger partial charge in [-0.1, -0.05) is 72.1 Å². The van der Waals surface area contributed by atoms with Crippen molar-refractivity contribution in [1.29, 1.82) is 0 Å². The van der Waals surface area contributed by atoms with Gasteiger partial charge in [0, 0.05) is 22.3 Å². The van der Waals surface area contributed by atoms with Gasteiger partial charge in [0.15, 0.2) is 0 Å². The van der Waals surface area contributed by atoms with Crippen LogP contribution in [0.1, 0.15) is 42.4 Å². The second-order valence-corrected chi connectivity index (χ2v) is 8.55. The van der Waals surface area contributed by atoms with Crippen LogP contribution < -0.4 is 0 Å². The maximum absolute atomic E-state index is 13.4. The Bertz CT molecular complexity index is 1170. The summed E-state index contributed by atoms with van der Waals surface area (Å²) in [4.78, 5) is 20.3. The molecule has 3 aromatic carbocycles. The van der Waals surface area contributed by atoms with E-state index in [0.717, 1.165) is 46.3 Å². The fourth-order valence-electron chi connectivity index (χ4n) is 3.83. The number of unbranched alkanes of at least 4 members (excludes halogenated alkanes) is 2. The van der Waals surface area contributed by atoms with E-state index in [0.29, 0.717) is 18.7 Å². The van der Waals surface area contributed by atoms with Gasteiger partial charge in [0.2, 0.25) is 0 Å². The maximum Gasteiger partial charge on any atom is 0.254 e. The highest BCUT2D eigenvalue weighted by Gasteiger charge is 2.20. The van der Waals surface area contributed by atoms with Gasteiger partial charge in [0.1, 0.15) is 5.82 Å². The van der Waals surface area contributed by atoms with Crippen LogP contribution in [-0.4, -0.2) is 26.9 Å². The summed E-state index contributed by atoms with van der Waals surface area (Å²) in [6, 6.07) is 26.0. The van der Waals surface area contributed by atoms with Crippen molar-refractivity contribution in [2.45, 2.75) is 32.7 Å². The summed E-state index contributed by atoms with van der Waals surface area (Å²) in [6.07, 6.45) is 3.18. The summed E-state index contributed by atoms with van der Waals surface area (Å²) in [5, 5.41) is 0. The van der Waals surface area contributed by atoms with Gasteiger partial charge in [0.25, 0.3) is 5.91 Å². The molecular formula is C26H26BrN3O. The van der Waals surface area contributed by atoms with E-state index in [2.05, 4.69) is 45.6 Å². The zero-order valence-electron chi connectivity index (χ0n) is 17.7. The smallest absolute Gasteiger partial charge is 0.254 e. The average molecular weight is 476 g/mol. The number of fused-ring (bicyclic) bond motifs is 1. The quantitative estimate of drug-likeness (QED) is 0.268. The van der Waals surface area contributed by atoms with E-state index in [1.807, 2.05) is 65.6 Å². The van der Waals surface area contributed by atoms with Crippen LogP contribution in [0.15, 0.2) is 83.3 Å². The number of rotatable bonds is 8. The maximum atomic E-state index is 13.4. The normalized spacial score (nSPS) is 11.0. The molecule has 4 aromatic rings. The first kappa shape index (κ1) is 21.3. The van der Waals surface area contributed by atoms with Crippen molar-refractivity contribution in [3.05, 3.63) is 94.7 Å². The fraction of sp³-hybridized carbons (Fsp3) is 0.231. The van der Waals surface area contributed by atoms with E-state index in [1.54, 1.807) is 0 Å². The number of amides is 1. The molecule has 0 aliphatic rings. The van der Waals surface area contributed by atoms with Crippen molar-refractivity contribution in [3.8, 4) is 5.69 Å². The minimum atomic E-state index is 0.0315. The Morgan fingerprint density at radius 3 is 2.52 bits per heavy atom. The van der Waals surface area contributed by atoms with Crippen LogP contribution in [0.25, 0.3) is 16.7 Å². The molecule has 0 N–H and O–H groups in total. The topological polar surface area (TPSA) is 38.1 Å². The van der Waals surface area contributed by atoms with Crippen LogP contribution in [-0.2, 0) is 6.54 Å². The Labute approximate surface area is 191 Å². The van der Waals surface area contributed by atoms with Gasteiger partial charge >= 0.3 is 0 Å². The third-order valence-corrected chi connectivity index (χ3v) is 5.86. The summed E-state index contributed by atoms with van der Waals surface area (Å²) in [5.74, 6) is 0.899. The third-order valence-electron chi connectivity index (χ3n) is 5.37. The fourth-order valence-corrected chi connectivity index (χ4v) is 4.23. The van der Waals surface area contributed by atoms with Crippen molar-refractivity contribution in [1.82, 2.24) is 14.5 Å². The van der Waals surface area contributed by atoms with E-state index >= 15 is 0 Å². The Morgan fingerprint density at radius 2 is 1.74 bits per heavy atom. The highest BCUT2D eigenvalue weighted by atomic mass is 79.9. The molecule has 0 bridgehead atoms. The van der Waals surface area contributed by atoms with Crippen molar-refractivity contribution < 1.29 is 4.79 Å². The van der Waals surface area contributed by atoms with Crippen LogP contribution in [0, 0.1) is 0 Å². The first-order chi connectivity index (χ1) is 15.2. The summed E-state index contributed by atoms with van der Waals surface area (Å²) >= 11 is 3.49. The summed E-state index contributed by atoms with van der Waals surface area (Å²) in [6.45, 7) is 3.34. The number of para-hydroxylation sites is 3. The zero-order chi connectivity index (χ0) is 21.6. The average Bonchev–Trinajstić information content (AvgIpc) is 3.16. The molecule has 0 aliphatic heterocycles. The van der Waals surface area contributed by atoms with Gasteiger partial charge < -0.3 is 4.90 Å². The monoisotopic (exact) mass is 475 g/mol. The Morgan fingerprint density at radius 1 is 0.968 bits per heavy atom. The molecule has 0 fully saturated rings. The second kappa shape index (κ2) is 9.92. The first-order valence-electron chi connectivity index (χ1n) is 10.7. The van der Waals surface area contributed by atoms with E-state index in [1.165, 1.54) is 0 Å². The van der Waals surface area contributed by atoms with Gasteiger partial charge in [0.05, 0.1) is 17.6 Å². The molecule has 0 spiro atoms. The minimum Gasteiger partial charge on any atom is -0.331 e. The number of nitrogens with zero attached hydrogens (tertiary/aromatic N) is 3. The number of imidazole rings is 1. The molecule has 31 heavy (non-hydrogen) atoms. The van der Waals surface area contributed by atoms with Crippen molar-refractivity contribution in [2.24, 2.45) is 0 Å². The molecule has 4 nitrogen and oxygen atoms in total. The van der Waals surface area contributed by atoms with Gasteiger partial charge in [-0.2, -0.15) is 0 Å². The predicted octanol–water partition coefficient (Wildman–Crippen LogP) is 6.62. The molecule has 158 valence electrons. The number of aromatic nitrogens is 2. The number of carbonyl (C=O) groups excluding carboxylic acids is 1. The molecule has 0 aliphatic carbocycles. The van der Waals surface area contributed by atoms with Crippen LogP contribution in [0.3, 0.4) is 0 Å². The zero-order valence-corrected chi connectivity index (χ0v) is 19.3. The van der Waals surface area contributed by atoms with Gasteiger partial charge in [-0.05, 0) is 48.9 Å². The van der Waals surface area contributed by atoms with Crippen LogP contribution >= 0.6 is 15.9 Å². The second-order valence-electron chi connectivity index (χ2n) is 7.63. The predicted molar refractivity (Wildman–Crippen MR) is 129 cm³/mol. The molecule has 0 saturated carbocycles. The lowest BCUT2D eigenvalue weighted by atomic mass is 10.1. The lowest BCUT2D eigenvalue weighted by Crippen LogP contribution is -2.32. The number of hydrogen-bond donors (Lipinski definition) is 0. The Kier molecular flexibility index (Phi) is 6.82. The molecule has 5 heteroatoms. The van der Waals surface area contributed by atoms with E-state index < -0.39 is 0 Å². The lowest BCUT2D eigenvalue weighted by Gasteiger charge is -2.23. The molecule has 1 heterocycles. The molecule has 4 rings (SSSR count). The van der Waals surface area contributed by atoms with Crippen molar-refractivity contribution in [2.75, 3.05) is 6.54 Å². The highest BCUT2D eigenvalue weighted by Crippen LogP contribution is 2.23. The van der Waals surface area contributed by atoms with Gasteiger partial charge in [-0.3, -0.25) is 9.36 Å². The van der Waals surface area contributed by atoms with Crippen LogP contribution in [0.5, 0.6) is 0 Å². The Hall–Kier alpha value is -2.92. The Balaban J connectivity index is 1.73. The van der Waals surface area contributed by atoms with E-state index in [-0.39, 0.29) is 5.91 Å². The summed E-state index contributed by atoms with van der Waals surface area (Å²) in [7, 11) is 0. The van der Waals surface area contributed by atoms with Gasteiger partial charge in [-0.15, -0.1) is 0 Å². The van der Waals surface area contributed by atoms with Crippen molar-refractivity contribution >= 4 is 32.9 Å². The number of benzene rings is 3. The first-order valence-corrected chi connectivity index (χ1v) is 11.5. The van der Waals surface area contributed by atoms with Crippen LogP contribution in [0.2, 0.25) is 0 Å². The third kappa shape index (κ3) is 4.88. The summed E-state index contributed by atoms with van der Waals surface area (Å²) < 4.78 is 3.07. The molecule has 0 unspecified atom stereocenters. The number of hydrogen-bond acceptors (Lipinski definition) is 2. The van der Waals surface area contributed by atoms with E-state index in [4.69, 9.17) is 4.98 Å². The largest absolute Gasteiger partial charge is 0.331 e. The van der Waals surface area contributed by atoms with Crippen LogP contribution in [0.4, 0.5) is 0 Å². The standard InChI is InChI=1S/C26H26BrN3O/c1-2-3-9-17-29(26(31)20-11-10-12-21(27)18-20)19-25-28-23-15-7-8-16-24(23)30(25)22-13-5-4-6-14-22/h4-8,10-16,18H,2-3,9,17,19H2,1H3. The molecule has 1 aromatic heterocycles. The molecular weight excluding hydrogens is 450 g/mol. The highest BCUT2D eigenvalue weighted by molar-refractivity contribution is 9.10. The van der Waals surface area contributed by atoms with Crippen molar-refractivity contribution in [3.63, 3.8) is 0 Å². The van der Waals surface area contributed by atoms with E-state index in [9.17, 15) is 4.79 Å². The molecule has 0 atom stereocenters. The molecule has 1 amide bonds. The van der Waals surface area contributed by atoms with Gasteiger partial charge in [-0.25, -0.2) is 4.98 Å². The number of carbonyl (C=O) groups is 1. The molecule has 0 saturated heterocycles. The summed E-state index contributed by atoms with van der Waals surface area (Å²) in [5.41, 5.74) is 3.72. The minimum absolute atomic E-state index is 0.0315. The SMILES string of the molecule is CCCCCN(Cc1nc2ccccc2n1-c1ccccc1)C(=O)c1cccc(Br)c1. The molecule has 0 radical (unpaired) electrons. The number of halogens is 1.